The van der Waals surface area contributed by atoms with Gasteiger partial charge in [-0.15, -0.1) is 11.3 Å². The molecule has 2 N–H and O–H groups in total. The number of methoxy groups -OCH3 is 1. The molecule has 3 aromatic rings. The standard InChI is InChI=1S/C21H18FN3O3S2/c1-11-15(20(27)28-2)16(14-8-5-9-29-14)17-18(23-11)24-21(25-19(17)26)30-10-12-6-3-4-7-13(12)22/h3-9,16H,10H2,1-2H3,(H2,23,24,25,26). The fourth-order valence-corrected chi connectivity index (χ4v) is 5.07. The first-order valence-corrected chi connectivity index (χ1v) is 11.0. The van der Waals surface area contributed by atoms with Crippen molar-refractivity contribution in [1.29, 1.82) is 0 Å². The molecule has 154 valence electrons. The van der Waals surface area contributed by atoms with Crippen molar-refractivity contribution in [3.8, 4) is 0 Å². The highest BCUT2D eigenvalue weighted by atomic mass is 32.2. The molecule has 0 saturated heterocycles. The summed E-state index contributed by atoms with van der Waals surface area (Å²) in [5.74, 6) is -0.664. The van der Waals surface area contributed by atoms with Gasteiger partial charge in [0.2, 0.25) is 0 Å². The Morgan fingerprint density at radius 3 is 2.80 bits per heavy atom. The summed E-state index contributed by atoms with van der Waals surface area (Å²) in [6, 6.07) is 10.2. The van der Waals surface area contributed by atoms with Crippen LogP contribution in [-0.2, 0) is 15.3 Å². The van der Waals surface area contributed by atoms with Crippen molar-refractivity contribution < 1.29 is 13.9 Å². The zero-order valence-corrected chi connectivity index (χ0v) is 17.8. The zero-order valence-electron chi connectivity index (χ0n) is 16.2. The van der Waals surface area contributed by atoms with E-state index >= 15 is 0 Å². The van der Waals surface area contributed by atoms with Crippen molar-refractivity contribution in [2.75, 3.05) is 12.4 Å². The molecule has 0 amide bonds. The van der Waals surface area contributed by atoms with E-state index in [1.54, 1.807) is 25.1 Å². The highest BCUT2D eigenvalue weighted by Crippen LogP contribution is 2.41. The lowest BCUT2D eigenvalue weighted by atomic mass is 9.86. The van der Waals surface area contributed by atoms with E-state index in [9.17, 15) is 14.0 Å². The minimum atomic E-state index is -0.574. The van der Waals surface area contributed by atoms with Crippen LogP contribution in [0.4, 0.5) is 10.2 Å². The lowest BCUT2D eigenvalue weighted by Gasteiger charge is -2.27. The van der Waals surface area contributed by atoms with E-state index in [1.165, 1.54) is 36.3 Å². The largest absolute Gasteiger partial charge is 0.466 e. The summed E-state index contributed by atoms with van der Waals surface area (Å²) < 4.78 is 18.9. The van der Waals surface area contributed by atoms with Crippen LogP contribution in [0.15, 0.2) is 63.0 Å². The van der Waals surface area contributed by atoms with Crippen molar-refractivity contribution >= 4 is 34.9 Å². The molecule has 1 unspecified atom stereocenters. The third-order valence-corrected chi connectivity index (χ3v) is 6.64. The summed E-state index contributed by atoms with van der Waals surface area (Å²) in [5, 5.41) is 5.33. The molecule has 0 fully saturated rings. The van der Waals surface area contributed by atoms with Crippen LogP contribution < -0.4 is 10.9 Å². The number of aromatic amines is 1. The van der Waals surface area contributed by atoms with E-state index in [-0.39, 0.29) is 11.4 Å². The fourth-order valence-electron chi connectivity index (χ4n) is 3.38. The van der Waals surface area contributed by atoms with E-state index in [1.807, 2.05) is 17.5 Å². The second-order valence-corrected chi connectivity index (χ2v) is 8.56. The smallest absolute Gasteiger partial charge is 0.336 e. The van der Waals surface area contributed by atoms with Crippen molar-refractivity contribution in [2.45, 2.75) is 23.8 Å². The number of aromatic nitrogens is 2. The molecule has 2 aromatic heterocycles. The number of hydrogen-bond donors (Lipinski definition) is 2. The predicted molar refractivity (Wildman–Crippen MR) is 115 cm³/mol. The first-order valence-electron chi connectivity index (χ1n) is 9.09. The highest BCUT2D eigenvalue weighted by Gasteiger charge is 2.36. The molecule has 0 aliphatic carbocycles. The molecular formula is C21H18FN3O3S2. The van der Waals surface area contributed by atoms with E-state index in [0.29, 0.717) is 39.1 Å². The molecule has 1 aliphatic rings. The van der Waals surface area contributed by atoms with Gasteiger partial charge in [0.15, 0.2) is 5.16 Å². The van der Waals surface area contributed by atoms with Crippen LogP contribution in [0.2, 0.25) is 0 Å². The number of benzene rings is 1. The van der Waals surface area contributed by atoms with Crippen LogP contribution in [0.3, 0.4) is 0 Å². The van der Waals surface area contributed by atoms with Crippen molar-refractivity contribution in [2.24, 2.45) is 0 Å². The van der Waals surface area contributed by atoms with E-state index in [4.69, 9.17) is 4.74 Å². The molecule has 9 heteroatoms. The van der Waals surface area contributed by atoms with Gasteiger partial charge < -0.3 is 15.0 Å². The number of rotatable bonds is 5. The normalized spacial score (nSPS) is 15.5. The van der Waals surface area contributed by atoms with E-state index in [0.717, 1.165) is 4.88 Å². The summed E-state index contributed by atoms with van der Waals surface area (Å²) >= 11 is 2.69. The summed E-state index contributed by atoms with van der Waals surface area (Å²) in [5.41, 5.74) is 1.49. The number of nitrogens with zero attached hydrogens (tertiary/aromatic N) is 1. The maximum absolute atomic E-state index is 13.9. The monoisotopic (exact) mass is 443 g/mol. The van der Waals surface area contributed by atoms with Gasteiger partial charge in [0.05, 0.1) is 24.2 Å². The fraction of sp³-hybridized carbons (Fsp3) is 0.190. The highest BCUT2D eigenvalue weighted by molar-refractivity contribution is 7.98. The maximum atomic E-state index is 13.9. The number of H-pyrrole nitrogens is 1. The number of anilines is 1. The summed E-state index contributed by atoms with van der Waals surface area (Å²) in [7, 11) is 1.31. The number of fused-ring (bicyclic) bond motifs is 1. The SMILES string of the molecule is COC(=O)C1=C(C)Nc2nc(SCc3ccccc3F)[nH]c(=O)c2C1c1cccs1. The zero-order chi connectivity index (χ0) is 21.3. The Morgan fingerprint density at radius 1 is 1.30 bits per heavy atom. The van der Waals surface area contributed by atoms with Crippen LogP contribution in [0, 0.1) is 5.82 Å². The maximum Gasteiger partial charge on any atom is 0.336 e. The average Bonchev–Trinajstić information content (AvgIpc) is 3.26. The third-order valence-electron chi connectivity index (χ3n) is 4.78. The molecular weight excluding hydrogens is 425 g/mol. The summed E-state index contributed by atoms with van der Waals surface area (Å²) in [6.07, 6.45) is 0. The lowest BCUT2D eigenvalue weighted by Crippen LogP contribution is -2.30. The Hall–Kier alpha value is -2.91. The second kappa shape index (κ2) is 8.45. The Balaban J connectivity index is 1.74. The number of thiophene rings is 1. The Bertz CT molecular complexity index is 1190. The lowest BCUT2D eigenvalue weighted by molar-refractivity contribution is -0.136. The molecule has 1 aliphatic heterocycles. The Labute approximate surface area is 180 Å². The number of allylic oxidation sites excluding steroid dienone is 1. The van der Waals surface area contributed by atoms with E-state index in [2.05, 4.69) is 15.3 Å². The molecule has 1 aromatic carbocycles. The number of ether oxygens (including phenoxy) is 1. The minimum Gasteiger partial charge on any atom is -0.466 e. The molecule has 30 heavy (non-hydrogen) atoms. The van der Waals surface area contributed by atoms with Gasteiger partial charge in [-0.25, -0.2) is 14.2 Å². The molecule has 6 nitrogen and oxygen atoms in total. The third kappa shape index (κ3) is 3.78. The van der Waals surface area contributed by atoms with Crippen LogP contribution in [0.5, 0.6) is 0 Å². The van der Waals surface area contributed by atoms with Crippen LogP contribution >= 0.6 is 23.1 Å². The van der Waals surface area contributed by atoms with Crippen molar-refractivity contribution in [3.05, 3.63) is 85.2 Å². The average molecular weight is 444 g/mol. The van der Waals surface area contributed by atoms with Crippen LogP contribution in [0.25, 0.3) is 0 Å². The number of halogens is 1. The van der Waals surface area contributed by atoms with Crippen molar-refractivity contribution in [1.82, 2.24) is 9.97 Å². The molecule has 3 heterocycles. The van der Waals surface area contributed by atoms with Gasteiger partial charge in [-0.1, -0.05) is 36.0 Å². The van der Waals surface area contributed by atoms with Gasteiger partial charge in [0.1, 0.15) is 11.6 Å². The topological polar surface area (TPSA) is 84.1 Å². The number of hydrogen-bond acceptors (Lipinski definition) is 7. The number of thioether (sulfide) groups is 1. The number of carbonyl (C=O) groups excluding carboxylic acids is 1. The number of carbonyl (C=O) groups is 1. The van der Waals surface area contributed by atoms with Crippen molar-refractivity contribution in [3.63, 3.8) is 0 Å². The molecule has 0 bridgehead atoms. The van der Waals surface area contributed by atoms with Gasteiger partial charge in [0.25, 0.3) is 5.56 Å². The number of nitrogens with one attached hydrogen (secondary N) is 2. The predicted octanol–water partition coefficient (Wildman–Crippen LogP) is 4.27. The number of esters is 1. The Kier molecular flexibility index (Phi) is 5.74. The summed E-state index contributed by atoms with van der Waals surface area (Å²) in [4.78, 5) is 33.7. The van der Waals surface area contributed by atoms with E-state index < -0.39 is 11.9 Å². The van der Waals surface area contributed by atoms with Gasteiger partial charge in [-0.3, -0.25) is 4.79 Å². The Morgan fingerprint density at radius 2 is 2.10 bits per heavy atom. The first-order chi connectivity index (χ1) is 14.5. The second-order valence-electron chi connectivity index (χ2n) is 6.62. The summed E-state index contributed by atoms with van der Waals surface area (Å²) in [6.45, 7) is 1.75. The minimum absolute atomic E-state index is 0.303. The molecule has 1 atom stereocenters. The van der Waals surface area contributed by atoms with Gasteiger partial charge >= 0.3 is 5.97 Å². The van der Waals surface area contributed by atoms with Gasteiger partial charge in [-0.05, 0) is 30.0 Å². The quantitative estimate of drug-likeness (QED) is 0.348. The van der Waals surface area contributed by atoms with Crippen LogP contribution in [0.1, 0.15) is 28.8 Å². The molecule has 4 rings (SSSR count). The molecule has 0 spiro atoms. The molecule has 0 radical (unpaired) electrons. The van der Waals surface area contributed by atoms with Gasteiger partial charge in [-0.2, -0.15) is 0 Å². The van der Waals surface area contributed by atoms with Crippen LogP contribution in [-0.4, -0.2) is 23.0 Å². The first kappa shape index (κ1) is 20.4. The molecule has 0 saturated carbocycles. The van der Waals surface area contributed by atoms with Gasteiger partial charge in [0, 0.05) is 16.3 Å².